The summed E-state index contributed by atoms with van der Waals surface area (Å²) < 4.78 is 42.2. The Morgan fingerprint density at radius 2 is 1.22 bits per heavy atom. The van der Waals surface area contributed by atoms with Crippen LogP contribution in [0.5, 0.6) is 5.75 Å². The Hall–Kier alpha value is -4.91. The van der Waals surface area contributed by atoms with Crippen LogP contribution in [0.4, 0.5) is 20.2 Å². The first kappa shape index (κ1) is 26.3. The first-order chi connectivity index (χ1) is 19.8. The van der Waals surface area contributed by atoms with Crippen LogP contribution in [-0.2, 0) is 18.0 Å². The van der Waals surface area contributed by atoms with E-state index in [1.807, 2.05) is 91.0 Å². The zero-order chi connectivity index (χ0) is 28.6. The van der Waals surface area contributed by atoms with Crippen LogP contribution in [0.15, 0.2) is 109 Å². The molecule has 41 heavy (non-hydrogen) atoms. The highest BCUT2D eigenvalue weighted by Crippen LogP contribution is 2.50. The average molecular weight is 551 g/mol. The van der Waals surface area contributed by atoms with Crippen molar-refractivity contribution < 1.29 is 23.0 Å². The number of ether oxygens (including phenoxy) is 2. The van der Waals surface area contributed by atoms with E-state index in [0.29, 0.717) is 39.0 Å². The van der Waals surface area contributed by atoms with Gasteiger partial charge in [-0.15, -0.1) is 0 Å². The standard InChI is InChI=1S/C34H28F2N2O3/c1-37-29-18-26-27(19-30(29)38(2)34(37,35)36)32(25-16-10-5-11-17-25)28(33(39)41-22-24-14-8-4-9-15-24)20-31(26)40-21-23-12-6-3-7-13-23/h3-20H,21-22H2,1-2H3. The van der Waals surface area contributed by atoms with Crippen LogP contribution in [0.1, 0.15) is 21.5 Å². The first-order valence-electron chi connectivity index (χ1n) is 13.3. The van der Waals surface area contributed by atoms with Gasteiger partial charge in [0, 0.05) is 25.0 Å². The van der Waals surface area contributed by atoms with Crippen molar-refractivity contribution >= 4 is 28.1 Å². The Labute approximate surface area is 237 Å². The van der Waals surface area contributed by atoms with Gasteiger partial charge in [-0.3, -0.25) is 9.80 Å². The Morgan fingerprint density at radius 3 is 1.80 bits per heavy atom. The summed E-state index contributed by atoms with van der Waals surface area (Å²) in [5.41, 5.74) is 4.17. The van der Waals surface area contributed by atoms with E-state index in [0.717, 1.165) is 26.5 Å². The molecule has 0 aliphatic carbocycles. The fraction of sp³-hybridized carbons (Fsp3) is 0.147. The Kier molecular flexibility index (Phi) is 6.79. The maximum absolute atomic E-state index is 15.1. The molecule has 1 heterocycles. The molecule has 0 aromatic heterocycles. The SMILES string of the molecule is CN1c2cc3c(OCc4ccccc4)cc(C(=O)OCc4ccccc4)c(-c4ccccc4)c3cc2N(C)C1(F)F. The van der Waals surface area contributed by atoms with Gasteiger partial charge in [0.15, 0.2) is 0 Å². The van der Waals surface area contributed by atoms with E-state index in [-0.39, 0.29) is 13.2 Å². The number of carbonyl (C=O) groups excluding carboxylic acids is 1. The van der Waals surface area contributed by atoms with Gasteiger partial charge in [0.25, 0.3) is 0 Å². The third-order valence-electron chi connectivity index (χ3n) is 7.46. The zero-order valence-electron chi connectivity index (χ0n) is 22.7. The minimum Gasteiger partial charge on any atom is -0.488 e. The second kappa shape index (κ2) is 10.6. The summed E-state index contributed by atoms with van der Waals surface area (Å²) in [5.74, 6) is -0.125. The summed E-state index contributed by atoms with van der Waals surface area (Å²) in [7, 11) is 2.73. The number of alkyl halides is 2. The lowest BCUT2D eigenvalue weighted by Crippen LogP contribution is -2.46. The monoisotopic (exact) mass is 550 g/mol. The molecular weight excluding hydrogens is 522 g/mol. The summed E-state index contributed by atoms with van der Waals surface area (Å²) in [5, 5.41) is 1.24. The number of hydrogen-bond donors (Lipinski definition) is 0. The quantitative estimate of drug-likeness (QED) is 0.152. The number of anilines is 2. The van der Waals surface area contributed by atoms with E-state index in [1.54, 1.807) is 18.2 Å². The van der Waals surface area contributed by atoms with Crippen molar-refractivity contribution in [2.45, 2.75) is 19.4 Å². The van der Waals surface area contributed by atoms with Crippen LogP contribution in [0.3, 0.4) is 0 Å². The molecule has 1 aliphatic heterocycles. The van der Waals surface area contributed by atoms with Crippen LogP contribution < -0.4 is 14.5 Å². The third-order valence-corrected chi connectivity index (χ3v) is 7.46. The summed E-state index contributed by atoms with van der Waals surface area (Å²) >= 11 is 0. The minimum atomic E-state index is -3.21. The molecular formula is C34H28F2N2O3. The Bertz CT molecular complexity index is 1710. The molecule has 0 saturated carbocycles. The molecule has 5 aromatic carbocycles. The Morgan fingerprint density at radius 1 is 0.707 bits per heavy atom. The second-order valence-electron chi connectivity index (χ2n) is 10.0. The molecule has 5 nitrogen and oxygen atoms in total. The van der Waals surface area contributed by atoms with Crippen LogP contribution in [-0.4, -0.2) is 26.2 Å². The van der Waals surface area contributed by atoms with Gasteiger partial charge in [-0.25, -0.2) is 4.79 Å². The molecule has 0 radical (unpaired) electrons. The Balaban J connectivity index is 1.55. The maximum atomic E-state index is 15.1. The largest absolute Gasteiger partial charge is 0.488 e. The highest BCUT2D eigenvalue weighted by molar-refractivity contribution is 6.12. The van der Waals surface area contributed by atoms with Gasteiger partial charge < -0.3 is 9.47 Å². The van der Waals surface area contributed by atoms with Crippen LogP contribution >= 0.6 is 0 Å². The molecule has 0 spiro atoms. The fourth-order valence-corrected chi connectivity index (χ4v) is 5.20. The van der Waals surface area contributed by atoms with Crippen LogP contribution in [0, 0.1) is 0 Å². The predicted octanol–water partition coefficient (Wildman–Crippen LogP) is 7.88. The molecule has 0 unspecified atom stereocenters. The molecule has 0 fully saturated rings. The second-order valence-corrected chi connectivity index (χ2v) is 10.0. The van der Waals surface area contributed by atoms with Crippen molar-refractivity contribution in [1.82, 2.24) is 0 Å². The molecule has 1 aliphatic rings. The molecule has 7 heteroatoms. The summed E-state index contributed by atoms with van der Waals surface area (Å²) in [6, 6.07) is 33.6. The number of fused-ring (bicyclic) bond motifs is 2. The van der Waals surface area contributed by atoms with Crippen molar-refractivity contribution in [2.24, 2.45) is 0 Å². The van der Waals surface area contributed by atoms with Gasteiger partial charge in [0.05, 0.1) is 16.9 Å². The highest BCUT2D eigenvalue weighted by Gasteiger charge is 2.48. The van der Waals surface area contributed by atoms with E-state index in [4.69, 9.17) is 9.47 Å². The number of benzene rings is 5. The van der Waals surface area contributed by atoms with Gasteiger partial charge in [0.2, 0.25) is 0 Å². The smallest absolute Gasteiger partial charge is 0.413 e. The van der Waals surface area contributed by atoms with Gasteiger partial charge in [-0.05, 0) is 40.3 Å². The highest BCUT2D eigenvalue weighted by atomic mass is 19.3. The van der Waals surface area contributed by atoms with Crippen LogP contribution in [0.25, 0.3) is 21.9 Å². The number of carbonyl (C=O) groups is 1. The summed E-state index contributed by atoms with van der Waals surface area (Å²) in [4.78, 5) is 15.6. The first-order valence-corrected chi connectivity index (χ1v) is 13.3. The molecule has 6 rings (SSSR count). The minimum absolute atomic E-state index is 0.0933. The maximum Gasteiger partial charge on any atom is 0.413 e. The van der Waals surface area contributed by atoms with E-state index >= 15 is 8.78 Å². The zero-order valence-corrected chi connectivity index (χ0v) is 22.7. The topological polar surface area (TPSA) is 42.0 Å². The molecule has 5 aromatic rings. The number of hydrogen-bond acceptors (Lipinski definition) is 5. The fourth-order valence-electron chi connectivity index (χ4n) is 5.20. The van der Waals surface area contributed by atoms with Gasteiger partial charge in [0.1, 0.15) is 19.0 Å². The third kappa shape index (κ3) is 4.84. The summed E-state index contributed by atoms with van der Waals surface area (Å²) in [6.45, 7) is 0.332. The normalized spacial score (nSPS) is 13.8. The molecule has 0 atom stereocenters. The molecule has 0 bridgehead atoms. The van der Waals surface area contributed by atoms with Gasteiger partial charge >= 0.3 is 12.1 Å². The van der Waals surface area contributed by atoms with Crippen molar-refractivity contribution in [3.63, 3.8) is 0 Å². The van der Waals surface area contributed by atoms with Gasteiger partial charge in [-0.2, -0.15) is 8.78 Å². The lowest BCUT2D eigenvalue weighted by molar-refractivity contribution is 0.0122. The number of nitrogens with zero attached hydrogens (tertiary/aromatic N) is 2. The average Bonchev–Trinajstić information content (AvgIpc) is 3.18. The van der Waals surface area contributed by atoms with Gasteiger partial charge in [-0.1, -0.05) is 91.0 Å². The molecule has 0 N–H and O–H groups in total. The molecule has 0 saturated heterocycles. The lowest BCUT2D eigenvalue weighted by Gasteiger charge is -2.26. The van der Waals surface area contributed by atoms with E-state index in [1.165, 1.54) is 14.1 Å². The molecule has 206 valence electrons. The van der Waals surface area contributed by atoms with Crippen molar-refractivity contribution in [2.75, 3.05) is 23.9 Å². The lowest BCUT2D eigenvalue weighted by atomic mass is 9.91. The van der Waals surface area contributed by atoms with E-state index < -0.39 is 12.1 Å². The van der Waals surface area contributed by atoms with Crippen LogP contribution in [0.2, 0.25) is 0 Å². The van der Waals surface area contributed by atoms with E-state index in [2.05, 4.69) is 0 Å². The number of rotatable bonds is 7. The predicted molar refractivity (Wildman–Crippen MR) is 157 cm³/mol. The van der Waals surface area contributed by atoms with E-state index in [9.17, 15) is 4.79 Å². The van der Waals surface area contributed by atoms with Crippen molar-refractivity contribution in [3.8, 4) is 16.9 Å². The number of halogens is 2. The van der Waals surface area contributed by atoms with Crippen molar-refractivity contribution in [1.29, 1.82) is 0 Å². The number of esters is 1. The molecule has 0 amide bonds. The summed E-state index contributed by atoms with van der Waals surface area (Å²) in [6.07, 6.45) is -3.21. The van der Waals surface area contributed by atoms with Crippen molar-refractivity contribution in [3.05, 3.63) is 126 Å².